The molecule has 0 N–H and O–H groups in total. The van der Waals surface area contributed by atoms with Crippen molar-refractivity contribution in [2.45, 2.75) is 45.1 Å². The van der Waals surface area contributed by atoms with Crippen molar-refractivity contribution >= 4 is 23.4 Å². The maximum Gasteiger partial charge on any atom is 0.335 e. The van der Waals surface area contributed by atoms with E-state index < -0.39 is 22.2 Å². The zero-order valence-electron chi connectivity index (χ0n) is 8.60. The van der Waals surface area contributed by atoms with Crippen LogP contribution in [0.1, 0.15) is 34.6 Å². The third-order valence-corrected chi connectivity index (χ3v) is 1.86. The number of hydrogen-bond donors (Lipinski definition) is 0. The summed E-state index contributed by atoms with van der Waals surface area (Å²) in [6.07, 6.45) is 0. The molecule has 0 aliphatic heterocycles. The van der Waals surface area contributed by atoms with Gasteiger partial charge in [0, 0.05) is 0 Å². The van der Waals surface area contributed by atoms with Gasteiger partial charge in [-0.3, -0.25) is 4.79 Å². The standard InChI is InChI=1S/C9H15ClO3/c1-6(11)9(5,10)7(12)13-8(2,3)4/h1-5H3/t9-/m0/s1. The summed E-state index contributed by atoms with van der Waals surface area (Å²) < 4.78 is 4.97. The third kappa shape index (κ3) is 3.77. The van der Waals surface area contributed by atoms with E-state index >= 15 is 0 Å². The lowest BCUT2D eigenvalue weighted by atomic mass is 10.1. The number of esters is 1. The normalized spacial score (nSPS) is 16.2. The van der Waals surface area contributed by atoms with Gasteiger partial charge in [-0.2, -0.15) is 0 Å². The van der Waals surface area contributed by atoms with Gasteiger partial charge >= 0.3 is 5.97 Å². The Bertz CT molecular complexity index is 226. The van der Waals surface area contributed by atoms with Crippen LogP contribution in [0.3, 0.4) is 0 Å². The minimum absolute atomic E-state index is 0.414. The zero-order chi connectivity index (χ0) is 10.9. The first-order chi connectivity index (χ1) is 5.57. The molecule has 0 fully saturated rings. The van der Waals surface area contributed by atoms with E-state index in [1.807, 2.05) is 0 Å². The molecule has 0 aliphatic carbocycles. The minimum Gasteiger partial charge on any atom is -0.458 e. The van der Waals surface area contributed by atoms with Crippen molar-refractivity contribution in [2.24, 2.45) is 0 Å². The summed E-state index contributed by atoms with van der Waals surface area (Å²) in [4.78, 5) is 20.7. The number of alkyl halides is 1. The van der Waals surface area contributed by atoms with E-state index in [1.165, 1.54) is 13.8 Å². The van der Waals surface area contributed by atoms with Crippen molar-refractivity contribution in [3.05, 3.63) is 0 Å². The van der Waals surface area contributed by atoms with E-state index in [-0.39, 0.29) is 0 Å². The molecule has 0 aromatic carbocycles. The molecule has 0 rings (SSSR count). The predicted octanol–water partition coefficient (Wildman–Crippen LogP) is 1.91. The molecule has 3 nitrogen and oxygen atoms in total. The summed E-state index contributed by atoms with van der Waals surface area (Å²) in [7, 11) is 0. The predicted molar refractivity (Wildman–Crippen MR) is 50.8 cm³/mol. The van der Waals surface area contributed by atoms with Crippen molar-refractivity contribution in [3.8, 4) is 0 Å². The largest absolute Gasteiger partial charge is 0.458 e. The van der Waals surface area contributed by atoms with Crippen LogP contribution in [0, 0.1) is 0 Å². The molecule has 1 atom stereocenters. The Hall–Kier alpha value is -0.570. The van der Waals surface area contributed by atoms with Crippen LogP contribution in [-0.4, -0.2) is 22.2 Å². The smallest absolute Gasteiger partial charge is 0.335 e. The molecule has 0 unspecified atom stereocenters. The zero-order valence-corrected chi connectivity index (χ0v) is 9.36. The number of rotatable bonds is 2. The molecule has 4 heteroatoms. The quantitative estimate of drug-likeness (QED) is 0.394. The molecule has 0 spiro atoms. The van der Waals surface area contributed by atoms with E-state index in [0.717, 1.165) is 0 Å². The molecule has 13 heavy (non-hydrogen) atoms. The Morgan fingerprint density at radius 2 is 1.54 bits per heavy atom. The van der Waals surface area contributed by atoms with Crippen molar-refractivity contribution in [1.82, 2.24) is 0 Å². The highest BCUT2D eigenvalue weighted by Gasteiger charge is 2.39. The first-order valence-electron chi connectivity index (χ1n) is 4.01. The fourth-order valence-electron chi connectivity index (χ4n) is 0.518. The summed E-state index contributed by atoms with van der Waals surface area (Å²) >= 11 is 5.70. The van der Waals surface area contributed by atoms with Crippen LogP contribution in [0.4, 0.5) is 0 Å². The van der Waals surface area contributed by atoms with Gasteiger partial charge in [-0.1, -0.05) is 11.6 Å². The lowest BCUT2D eigenvalue weighted by molar-refractivity contribution is -0.159. The first-order valence-corrected chi connectivity index (χ1v) is 4.38. The fourth-order valence-corrected chi connectivity index (χ4v) is 0.556. The molecule has 0 aromatic rings. The van der Waals surface area contributed by atoms with E-state index in [0.29, 0.717) is 0 Å². The molecule has 0 saturated carbocycles. The Kier molecular flexibility index (Phi) is 3.50. The maximum absolute atomic E-state index is 11.3. The summed E-state index contributed by atoms with van der Waals surface area (Å²) in [5.74, 6) is -1.11. The highest BCUT2D eigenvalue weighted by atomic mass is 35.5. The van der Waals surface area contributed by atoms with Gasteiger partial charge in [-0.05, 0) is 34.6 Å². The molecule has 0 aromatic heterocycles. The Labute approximate surface area is 83.4 Å². The number of ether oxygens (including phenoxy) is 1. The van der Waals surface area contributed by atoms with Crippen LogP contribution in [0.5, 0.6) is 0 Å². The third-order valence-electron chi connectivity index (χ3n) is 1.44. The Balaban J connectivity index is 4.53. The van der Waals surface area contributed by atoms with Gasteiger partial charge in [-0.25, -0.2) is 4.79 Å². The highest BCUT2D eigenvalue weighted by Crippen LogP contribution is 2.21. The molecule has 0 heterocycles. The maximum atomic E-state index is 11.3. The summed E-state index contributed by atoms with van der Waals surface area (Å²) in [5.41, 5.74) is -0.622. The molecule has 0 bridgehead atoms. The van der Waals surface area contributed by atoms with Crippen LogP contribution >= 0.6 is 11.6 Å². The highest BCUT2D eigenvalue weighted by molar-refractivity contribution is 6.45. The molecule has 76 valence electrons. The van der Waals surface area contributed by atoms with Gasteiger partial charge in [0.05, 0.1) is 0 Å². The number of halogens is 1. The van der Waals surface area contributed by atoms with Crippen LogP contribution in [-0.2, 0) is 14.3 Å². The van der Waals surface area contributed by atoms with Gasteiger partial charge in [0.2, 0.25) is 0 Å². The number of carbonyl (C=O) groups is 2. The van der Waals surface area contributed by atoms with Gasteiger partial charge in [0.25, 0.3) is 0 Å². The topological polar surface area (TPSA) is 43.4 Å². The molecular formula is C9H15ClO3. The van der Waals surface area contributed by atoms with Gasteiger partial charge in [0.1, 0.15) is 5.60 Å². The lowest BCUT2D eigenvalue weighted by Gasteiger charge is -2.25. The van der Waals surface area contributed by atoms with Gasteiger partial charge in [-0.15, -0.1) is 0 Å². The first kappa shape index (κ1) is 12.4. The summed E-state index contributed by atoms with van der Waals surface area (Å²) in [5, 5.41) is 0. The van der Waals surface area contributed by atoms with Crippen LogP contribution < -0.4 is 0 Å². The van der Waals surface area contributed by atoms with Crippen molar-refractivity contribution < 1.29 is 14.3 Å². The molecule has 0 saturated heterocycles. The van der Waals surface area contributed by atoms with Crippen LogP contribution in [0.2, 0.25) is 0 Å². The van der Waals surface area contributed by atoms with Gasteiger partial charge < -0.3 is 4.74 Å². The van der Waals surface area contributed by atoms with Crippen molar-refractivity contribution in [1.29, 1.82) is 0 Å². The molecule has 0 radical (unpaired) electrons. The minimum atomic E-state index is -1.56. The second-order valence-corrected chi connectivity index (χ2v) is 4.82. The second-order valence-electron chi connectivity index (χ2n) is 4.06. The van der Waals surface area contributed by atoms with E-state index in [4.69, 9.17) is 16.3 Å². The van der Waals surface area contributed by atoms with Crippen LogP contribution in [0.15, 0.2) is 0 Å². The second kappa shape index (κ2) is 3.66. The molecule has 0 amide bonds. The molecular weight excluding hydrogens is 192 g/mol. The van der Waals surface area contributed by atoms with Crippen molar-refractivity contribution in [3.63, 3.8) is 0 Å². The van der Waals surface area contributed by atoms with Gasteiger partial charge in [0.15, 0.2) is 10.7 Å². The number of Topliss-reactive ketones (excluding diaryl/α,β-unsaturated/α-hetero) is 1. The summed E-state index contributed by atoms with van der Waals surface area (Å²) in [6, 6.07) is 0. The van der Waals surface area contributed by atoms with Crippen molar-refractivity contribution in [2.75, 3.05) is 0 Å². The monoisotopic (exact) mass is 206 g/mol. The lowest BCUT2D eigenvalue weighted by Crippen LogP contribution is -2.41. The van der Waals surface area contributed by atoms with E-state index in [2.05, 4.69) is 0 Å². The average Bonchev–Trinajstić information content (AvgIpc) is 1.82. The Morgan fingerprint density at radius 1 is 1.15 bits per heavy atom. The Morgan fingerprint density at radius 3 is 1.77 bits per heavy atom. The number of hydrogen-bond acceptors (Lipinski definition) is 3. The van der Waals surface area contributed by atoms with E-state index in [1.54, 1.807) is 20.8 Å². The summed E-state index contributed by atoms with van der Waals surface area (Å²) in [6.45, 7) is 7.76. The number of carbonyl (C=O) groups excluding carboxylic acids is 2. The fraction of sp³-hybridized carbons (Fsp3) is 0.778. The molecule has 0 aliphatic rings. The number of ketones is 1. The average molecular weight is 207 g/mol. The van der Waals surface area contributed by atoms with E-state index in [9.17, 15) is 9.59 Å². The SMILES string of the molecule is CC(=O)[C@](C)(Cl)C(=O)OC(C)(C)C. The van der Waals surface area contributed by atoms with Crippen LogP contribution in [0.25, 0.3) is 0 Å².